The first kappa shape index (κ1) is 19.2. The minimum absolute atomic E-state index is 0.00474. The summed E-state index contributed by atoms with van der Waals surface area (Å²) in [6, 6.07) is 5.61. The van der Waals surface area contributed by atoms with Crippen molar-refractivity contribution in [2.45, 2.75) is 48.7 Å². The Bertz CT molecular complexity index is 976. The number of aromatic nitrogens is 2. The molecule has 1 aromatic carbocycles. The second kappa shape index (κ2) is 8.08. The van der Waals surface area contributed by atoms with Crippen LogP contribution in [-0.4, -0.2) is 33.3 Å². The van der Waals surface area contributed by atoms with Gasteiger partial charge in [0.15, 0.2) is 16.7 Å². The molecule has 0 spiro atoms. The Labute approximate surface area is 171 Å². The number of nitrogens with zero attached hydrogens (tertiary/aromatic N) is 2. The predicted octanol–water partition coefficient (Wildman–Crippen LogP) is 2.44. The molecule has 1 N–H and O–H groups in total. The molecule has 9 heteroatoms. The molecule has 0 saturated carbocycles. The van der Waals surface area contributed by atoms with Crippen molar-refractivity contribution in [3.05, 3.63) is 39.8 Å². The number of hydrogen-bond acceptors (Lipinski definition) is 7. The highest BCUT2D eigenvalue weighted by Crippen LogP contribution is 2.34. The van der Waals surface area contributed by atoms with Crippen molar-refractivity contribution in [1.29, 1.82) is 0 Å². The number of carbonyl (C=O) groups is 1. The van der Waals surface area contributed by atoms with Crippen molar-refractivity contribution < 1.29 is 14.3 Å². The number of hydrogen-bond donors (Lipinski definition) is 1. The molecule has 0 radical (unpaired) electrons. The predicted molar refractivity (Wildman–Crippen MR) is 108 cm³/mol. The molecule has 0 saturated heterocycles. The molecule has 2 aliphatic rings. The lowest BCUT2D eigenvalue weighted by atomic mass is 10.2. The lowest BCUT2D eigenvalue weighted by Gasteiger charge is -2.11. The fourth-order valence-corrected chi connectivity index (χ4v) is 5.18. The van der Waals surface area contributed by atoms with E-state index in [9.17, 15) is 9.59 Å². The maximum Gasteiger partial charge on any atom is 0.268 e. The molecule has 148 valence electrons. The van der Waals surface area contributed by atoms with Gasteiger partial charge in [0.05, 0.1) is 16.3 Å². The molecule has 1 atom stereocenters. The summed E-state index contributed by atoms with van der Waals surface area (Å²) >= 11 is 2.89. The zero-order valence-corrected chi connectivity index (χ0v) is 17.3. The summed E-state index contributed by atoms with van der Waals surface area (Å²) in [7, 11) is 0. The van der Waals surface area contributed by atoms with Crippen molar-refractivity contribution in [3.8, 4) is 11.5 Å². The Morgan fingerprint density at radius 3 is 3.04 bits per heavy atom. The molecule has 28 heavy (non-hydrogen) atoms. The highest BCUT2D eigenvalue weighted by Gasteiger charge is 2.26. The van der Waals surface area contributed by atoms with Gasteiger partial charge in [0.2, 0.25) is 12.7 Å². The van der Waals surface area contributed by atoms with Crippen LogP contribution in [0.3, 0.4) is 0 Å². The van der Waals surface area contributed by atoms with Gasteiger partial charge < -0.3 is 14.8 Å². The quantitative estimate of drug-likeness (QED) is 0.569. The van der Waals surface area contributed by atoms with Gasteiger partial charge in [-0.05, 0) is 24.6 Å². The Morgan fingerprint density at radius 1 is 1.39 bits per heavy atom. The molecule has 0 fully saturated rings. The van der Waals surface area contributed by atoms with E-state index in [2.05, 4.69) is 17.2 Å². The molecule has 7 nitrogen and oxygen atoms in total. The number of benzene rings is 1. The maximum absolute atomic E-state index is 12.7. The van der Waals surface area contributed by atoms with Gasteiger partial charge in [0, 0.05) is 24.8 Å². The van der Waals surface area contributed by atoms with Crippen LogP contribution in [0.1, 0.15) is 25.1 Å². The van der Waals surface area contributed by atoms with Gasteiger partial charge in [0.1, 0.15) is 0 Å². The van der Waals surface area contributed by atoms with E-state index < -0.39 is 0 Å². The van der Waals surface area contributed by atoms with E-state index in [0.29, 0.717) is 29.2 Å². The molecule has 1 unspecified atom stereocenters. The third kappa shape index (κ3) is 3.86. The Hall–Kier alpha value is -2.13. The van der Waals surface area contributed by atoms with Gasteiger partial charge in [-0.1, -0.05) is 24.8 Å². The van der Waals surface area contributed by atoms with Crippen LogP contribution in [0.5, 0.6) is 11.5 Å². The third-order valence-corrected chi connectivity index (χ3v) is 6.73. The number of thioether (sulfide) groups is 2. The number of ether oxygens (including phenoxy) is 2. The van der Waals surface area contributed by atoms with E-state index in [-0.39, 0.29) is 24.0 Å². The summed E-state index contributed by atoms with van der Waals surface area (Å²) < 4.78 is 12.3. The van der Waals surface area contributed by atoms with Gasteiger partial charge in [-0.15, -0.1) is 11.8 Å². The van der Waals surface area contributed by atoms with Crippen LogP contribution in [0.2, 0.25) is 0 Å². The van der Waals surface area contributed by atoms with Gasteiger partial charge >= 0.3 is 0 Å². The van der Waals surface area contributed by atoms with Crippen molar-refractivity contribution >= 4 is 29.4 Å². The zero-order valence-electron chi connectivity index (χ0n) is 15.7. The minimum atomic E-state index is -0.109. The summed E-state index contributed by atoms with van der Waals surface area (Å²) in [5.74, 6) is 1.52. The van der Waals surface area contributed by atoms with E-state index in [0.717, 1.165) is 28.3 Å². The topological polar surface area (TPSA) is 82.5 Å². The summed E-state index contributed by atoms with van der Waals surface area (Å²) in [5.41, 5.74) is 1.80. The number of nitrogens with one attached hydrogen (secondary N) is 1. The molecule has 1 amide bonds. The van der Waals surface area contributed by atoms with E-state index >= 15 is 0 Å². The summed E-state index contributed by atoms with van der Waals surface area (Å²) in [5, 5.41) is 3.87. The first-order chi connectivity index (χ1) is 13.5. The lowest BCUT2D eigenvalue weighted by molar-refractivity contribution is -0.118. The Morgan fingerprint density at radius 2 is 2.21 bits per heavy atom. The number of carbonyl (C=O) groups excluding carboxylic acids is 1. The van der Waals surface area contributed by atoms with Crippen LogP contribution in [-0.2, 0) is 24.3 Å². The van der Waals surface area contributed by atoms with Crippen LogP contribution in [0, 0.1) is 0 Å². The van der Waals surface area contributed by atoms with Crippen LogP contribution in [0.4, 0.5) is 0 Å². The van der Waals surface area contributed by atoms with E-state index in [1.807, 2.05) is 25.1 Å². The molecule has 0 bridgehead atoms. The SMILES string of the molecule is CCn1c(SCC(=O)NCc2ccc3c(c2)OCO3)nc2c(c1=O)SC(C)C2. The molecular weight excluding hydrogens is 398 g/mol. The first-order valence-corrected chi connectivity index (χ1v) is 11.0. The van der Waals surface area contributed by atoms with Crippen molar-refractivity contribution in [3.63, 3.8) is 0 Å². The maximum atomic E-state index is 12.7. The monoisotopic (exact) mass is 419 g/mol. The number of amides is 1. The summed E-state index contributed by atoms with van der Waals surface area (Å²) in [6.45, 7) is 5.18. The van der Waals surface area contributed by atoms with Crippen molar-refractivity contribution in [2.24, 2.45) is 0 Å². The standard InChI is InChI=1S/C19H21N3O4S2/c1-3-22-18(24)17-13(6-11(2)28-17)21-19(22)27-9-16(23)20-8-12-4-5-14-15(7-12)26-10-25-14/h4-5,7,11H,3,6,8-10H2,1-2H3,(H,20,23). The molecule has 2 aromatic rings. The summed E-state index contributed by atoms with van der Waals surface area (Å²) in [4.78, 5) is 30.4. The number of fused-ring (bicyclic) bond motifs is 2. The zero-order chi connectivity index (χ0) is 19.7. The van der Waals surface area contributed by atoms with Crippen LogP contribution in [0.15, 0.2) is 33.0 Å². The van der Waals surface area contributed by atoms with Crippen LogP contribution in [0.25, 0.3) is 0 Å². The second-order valence-corrected chi connectivity index (χ2v) is 9.00. The van der Waals surface area contributed by atoms with Crippen LogP contribution >= 0.6 is 23.5 Å². The van der Waals surface area contributed by atoms with E-state index in [4.69, 9.17) is 9.47 Å². The average Bonchev–Trinajstić information content (AvgIpc) is 3.30. The molecule has 1 aromatic heterocycles. The minimum Gasteiger partial charge on any atom is -0.454 e. The molecule has 3 heterocycles. The van der Waals surface area contributed by atoms with Gasteiger partial charge in [-0.25, -0.2) is 4.98 Å². The van der Waals surface area contributed by atoms with E-state index in [1.54, 1.807) is 16.3 Å². The van der Waals surface area contributed by atoms with E-state index in [1.165, 1.54) is 11.8 Å². The largest absolute Gasteiger partial charge is 0.454 e. The Balaban J connectivity index is 1.38. The number of rotatable bonds is 6. The molecule has 4 rings (SSSR count). The van der Waals surface area contributed by atoms with Gasteiger partial charge in [-0.2, -0.15) is 0 Å². The van der Waals surface area contributed by atoms with Crippen molar-refractivity contribution in [1.82, 2.24) is 14.9 Å². The second-order valence-electron chi connectivity index (χ2n) is 6.61. The highest BCUT2D eigenvalue weighted by molar-refractivity contribution is 8.00. The van der Waals surface area contributed by atoms with Crippen LogP contribution < -0.4 is 20.3 Å². The fourth-order valence-electron chi connectivity index (χ4n) is 3.15. The van der Waals surface area contributed by atoms with Gasteiger partial charge in [-0.3, -0.25) is 14.2 Å². The Kier molecular flexibility index (Phi) is 5.54. The molecule has 0 aliphatic carbocycles. The fraction of sp³-hybridized carbons (Fsp3) is 0.421. The first-order valence-electron chi connectivity index (χ1n) is 9.13. The third-order valence-electron chi connectivity index (χ3n) is 4.54. The normalized spacial score (nSPS) is 16.9. The molecular formula is C19H21N3O4S2. The average molecular weight is 420 g/mol. The van der Waals surface area contributed by atoms with Crippen molar-refractivity contribution in [2.75, 3.05) is 12.5 Å². The lowest BCUT2D eigenvalue weighted by Crippen LogP contribution is -2.27. The smallest absolute Gasteiger partial charge is 0.268 e. The van der Waals surface area contributed by atoms with Gasteiger partial charge in [0.25, 0.3) is 5.56 Å². The highest BCUT2D eigenvalue weighted by atomic mass is 32.2. The summed E-state index contributed by atoms with van der Waals surface area (Å²) in [6.07, 6.45) is 0.795. The molecule has 2 aliphatic heterocycles.